The third-order valence-electron chi connectivity index (χ3n) is 2.79. The van der Waals surface area contributed by atoms with Gasteiger partial charge in [0, 0.05) is 12.6 Å². The second-order valence-corrected chi connectivity index (χ2v) is 6.53. The number of aliphatic carboxylic acids is 1. The summed E-state index contributed by atoms with van der Waals surface area (Å²) in [4.78, 5) is 11.1. The minimum absolute atomic E-state index is 0.238. The molecule has 2 N–H and O–H groups in total. The Balaban J connectivity index is 2.90. The van der Waals surface area contributed by atoms with Crippen LogP contribution >= 0.6 is 0 Å². The van der Waals surface area contributed by atoms with Gasteiger partial charge in [0.15, 0.2) is 0 Å². The molecule has 0 aromatic carbocycles. The van der Waals surface area contributed by atoms with Crippen molar-refractivity contribution in [2.24, 2.45) is 5.92 Å². The minimum Gasteiger partial charge on any atom is -0.480 e. The molecule has 0 aromatic heterocycles. The Morgan fingerprint density at radius 1 is 1.47 bits per heavy atom. The number of piperidine rings is 1. The van der Waals surface area contributed by atoms with Crippen molar-refractivity contribution >= 4 is 16.2 Å². The van der Waals surface area contributed by atoms with Gasteiger partial charge in [-0.15, -0.1) is 0 Å². The summed E-state index contributed by atoms with van der Waals surface area (Å²) in [5, 5.41) is 9.09. The molecule has 1 heterocycles. The fourth-order valence-electron chi connectivity index (χ4n) is 2.00. The maximum absolute atomic E-state index is 12.0. The Morgan fingerprint density at radius 3 is 2.53 bits per heavy atom. The van der Waals surface area contributed by atoms with E-state index < -0.39 is 22.2 Å². The molecule has 1 aliphatic rings. The van der Waals surface area contributed by atoms with Gasteiger partial charge in [0.25, 0.3) is 10.2 Å². The van der Waals surface area contributed by atoms with Gasteiger partial charge in [-0.3, -0.25) is 4.79 Å². The standard InChI is InChI=1S/C10H20N2O4S/c1-7(2)11-17(15,16)12-5-4-8(3)6-9(12)10(13)14/h7-9,11H,4-6H2,1-3H3,(H,13,14). The van der Waals surface area contributed by atoms with Crippen LogP contribution in [0.3, 0.4) is 0 Å². The van der Waals surface area contributed by atoms with Crippen LogP contribution in [-0.2, 0) is 15.0 Å². The normalized spacial score (nSPS) is 27.3. The van der Waals surface area contributed by atoms with E-state index in [1.165, 1.54) is 0 Å². The Kier molecular flexibility index (Phi) is 4.51. The van der Waals surface area contributed by atoms with Crippen LogP contribution in [0, 0.1) is 5.92 Å². The molecule has 6 nitrogen and oxygen atoms in total. The Labute approximate surface area is 102 Å². The molecular formula is C10H20N2O4S. The molecule has 0 amide bonds. The highest BCUT2D eigenvalue weighted by Crippen LogP contribution is 2.24. The zero-order valence-electron chi connectivity index (χ0n) is 10.4. The van der Waals surface area contributed by atoms with Crippen molar-refractivity contribution in [2.45, 2.75) is 45.7 Å². The van der Waals surface area contributed by atoms with Crippen LogP contribution in [0.15, 0.2) is 0 Å². The van der Waals surface area contributed by atoms with Crippen LogP contribution in [0.4, 0.5) is 0 Å². The van der Waals surface area contributed by atoms with Gasteiger partial charge >= 0.3 is 5.97 Å². The Morgan fingerprint density at radius 2 is 2.06 bits per heavy atom. The van der Waals surface area contributed by atoms with Gasteiger partial charge in [-0.2, -0.15) is 17.4 Å². The number of nitrogens with one attached hydrogen (secondary N) is 1. The summed E-state index contributed by atoms with van der Waals surface area (Å²) in [5.41, 5.74) is 0. The average molecular weight is 264 g/mol. The monoisotopic (exact) mass is 264 g/mol. The fourth-order valence-corrected chi connectivity index (χ4v) is 3.59. The number of hydrogen-bond donors (Lipinski definition) is 2. The molecule has 100 valence electrons. The van der Waals surface area contributed by atoms with Gasteiger partial charge in [0.1, 0.15) is 6.04 Å². The summed E-state index contributed by atoms with van der Waals surface area (Å²) >= 11 is 0. The molecule has 2 atom stereocenters. The summed E-state index contributed by atoms with van der Waals surface area (Å²) in [7, 11) is -3.70. The molecule has 0 spiro atoms. The zero-order chi connectivity index (χ0) is 13.2. The lowest BCUT2D eigenvalue weighted by molar-refractivity contribution is -0.143. The maximum atomic E-state index is 12.0. The van der Waals surface area contributed by atoms with Gasteiger partial charge in [-0.25, -0.2) is 0 Å². The number of carbonyl (C=O) groups is 1. The molecule has 0 bridgehead atoms. The largest absolute Gasteiger partial charge is 0.480 e. The molecule has 1 aliphatic heterocycles. The van der Waals surface area contributed by atoms with E-state index in [0.29, 0.717) is 12.8 Å². The third-order valence-corrected chi connectivity index (χ3v) is 4.62. The summed E-state index contributed by atoms with van der Waals surface area (Å²) in [6, 6.07) is -1.19. The van der Waals surface area contributed by atoms with E-state index in [0.717, 1.165) is 4.31 Å². The third kappa shape index (κ3) is 3.65. The van der Waals surface area contributed by atoms with Gasteiger partial charge in [-0.1, -0.05) is 6.92 Å². The highest BCUT2D eigenvalue weighted by molar-refractivity contribution is 7.87. The van der Waals surface area contributed by atoms with Crippen molar-refractivity contribution < 1.29 is 18.3 Å². The van der Waals surface area contributed by atoms with Crippen LogP contribution in [0.1, 0.15) is 33.6 Å². The second kappa shape index (κ2) is 5.32. The molecule has 2 unspecified atom stereocenters. The predicted octanol–water partition coefficient (Wildman–Crippen LogP) is 0.414. The van der Waals surface area contributed by atoms with E-state index in [1.54, 1.807) is 13.8 Å². The van der Waals surface area contributed by atoms with Crippen molar-refractivity contribution in [3.05, 3.63) is 0 Å². The molecule has 0 aliphatic carbocycles. The molecule has 0 radical (unpaired) electrons. The van der Waals surface area contributed by atoms with Crippen LogP contribution < -0.4 is 4.72 Å². The number of carboxylic acid groups (broad SMARTS) is 1. The van der Waals surface area contributed by atoms with Crippen LogP contribution in [0.25, 0.3) is 0 Å². The number of nitrogens with zero attached hydrogens (tertiary/aromatic N) is 1. The highest BCUT2D eigenvalue weighted by atomic mass is 32.2. The first-order valence-corrected chi connectivity index (χ1v) is 7.20. The quantitative estimate of drug-likeness (QED) is 0.770. The minimum atomic E-state index is -3.70. The molecule has 7 heteroatoms. The molecule has 0 saturated carbocycles. The van der Waals surface area contributed by atoms with Crippen LogP contribution in [0.5, 0.6) is 0 Å². The number of rotatable bonds is 4. The van der Waals surface area contributed by atoms with Crippen molar-refractivity contribution in [3.8, 4) is 0 Å². The first-order chi connectivity index (χ1) is 7.74. The molecule has 1 saturated heterocycles. The SMILES string of the molecule is CC1CCN(S(=O)(=O)NC(C)C)C(C(=O)O)C1. The Hall–Kier alpha value is -0.660. The molecule has 1 rings (SSSR count). The predicted molar refractivity (Wildman–Crippen MR) is 63.7 cm³/mol. The molecule has 17 heavy (non-hydrogen) atoms. The van der Waals surface area contributed by atoms with Gasteiger partial charge in [0.2, 0.25) is 0 Å². The van der Waals surface area contributed by atoms with E-state index in [1.807, 2.05) is 6.92 Å². The van der Waals surface area contributed by atoms with Crippen molar-refractivity contribution in [3.63, 3.8) is 0 Å². The second-order valence-electron chi connectivity index (χ2n) is 4.87. The smallest absolute Gasteiger partial charge is 0.322 e. The number of hydrogen-bond acceptors (Lipinski definition) is 3. The average Bonchev–Trinajstić information content (AvgIpc) is 2.14. The molecular weight excluding hydrogens is 244 g/mol. The summed E-state index contributed by atoms with van der Waals surface area (Å²) in [5.74, 6) is -0.840. The van der Waals surface area contributed by atoms with Gasteiger partial charge in [-0.05, 0) is 32.6 Å². The van der Waals surface area contributed by atoms with Gasteiger partial charge < -0.3 is 5.11 Å². The zero-order valence-corrected chi connectivity index (χ0v) is 11.2. The van der Waals surface area contributed by atoms with Crippen molar-refractivity contribution in [1.82, 2.24) is 9.03 Å². The fraction of sp³-hybridized carbons (Fsp3) is 0.900. The summed E-state index contributed by atoms with van der Waals surface area (Å²) < 4.78 is 27.4. The topological polar surface area (TPSA) is 86.7 Å². The number of carboxylic acids is 1. The van der Waals surface area contributed by atoms with E-state index >= 15 is 0 Å². The lowest BCUT2D eigenvalue weighted by Crippen LogP contribution is -2.54. The maximum Gasteiger partial charge on any atom is 0.322 e. The van der Waals surface area contributed by atoms with E-state index in [4.69, 9.17) is 5.11 Å². The van der Waals surface area contributed by atoms with E-state index in [9.17, 15) is 13.2 Å². The first kappa shape index (κ1) is 14.4. The lowest BCUT2D eigenvalue weighted by atomic mass is 9.94. The van der Waals surface area contributed by atoms with E-state index in [-0.39, 0.29) is 18.5 Å². The summed E-state index contributed by atoms with van der Waals surface area (Å²) in [6.07, 6.45) is 1.07. The van der Waals surface area contributed by atoms with Gasteiger partial charge in [0.05, 0.1) is 0 Å². The lowest BCUT2D eigenvalue weighted by Gasteiger charge is -2.35. The van der Waals surface area contributed by atoms with Crippen LogP contribution in [0.2, 0.25) is 0 Å². The summed E-state index contributed by atoms with van der Waals surface area (Å²) in [6.45, 7) is 5.62. The van der Waals surface area contributed by atoms with E-state index in [2.05, 4.69) is 4.72 Å². The van der Waals surface area contributed by atoms with Crippen molar-refractivity contribution in [2.75, 3.05) is 6.54 Å². The van der Waals surface area contributed by atoms with Crippen molar-refractivity contribution in [1.29, 1.82) is 0 Å². The van der Waals surface area contributed by atoms with Crippen LogP contribution in [-0.4, -0.2) is 42.4 Å². The highest BCUT2D eigenvalue weighted by Gasteiger charge is 2.38. The molecule has 1 fully saturated rings. The molecule has 0 aromatic rings. The first-order valence-electron chi connectivity index (χ1n) is 5.76. The Bertz CT molecular complexity index is 380.